The van der Waals surface area contributed by atoms with E-state index in [0.29, 0.717) is 37.2 Å². The lowest BCUT2D eigenvalue weighted by Crippen LogP contribution is -2.26. The third-order valence-electron chi connectivity index (χ3n) is 4.31. The van der Waals surface area contributed by atoms with Gasteiger partial charge in [-0.3, -0.25) is 9.59 Å². The number of thioether (sulfide) groups is 1. The van der Waals surface area contributed by atoms with Crippen molar-refractivity contribution in [3.8, 4) is 0 Å². The fourth-order valence-electron chi connectivity index (χ4n) is 2.86. The topological polar surface area (TPSA) is 74.1 Å². The lowest BCUT2D eigenvalue weighted by atomic mass is 10.0. The zero-order valence-corrected chi connectivity index (χ0v) is 17.4. The zero-order valence-electron chi connectivity index (χ0n) is 15.1. The average molecular weight is 445 g/mol. The molecular formula is C20H14Cl2N4O2S. The Morgan fingerprint density at radius 3 is 2.66 bits per heavy atom. The van der Waals surface area contributed by atoms with E-state index in [4.69, 9.17) is 23.2 Å². The molecule has 29 heavy (non-hydrogen) atoms. The third kappa shape index (κ3) is 3.94. The molecule has 0 bridgehead atoms. The van der Waals surface area contributed by atoms with Gasteiger partial charge in [0.25, 0.3) is 11.8 Å². The summed E-state index contributed by atoms with van der Waals surface area (Å²) in [5.41, 5.74) is 1.75. The molecule has 1 atom stereocenters. The number of carbonyl (C=O) groups is 2. The van der Waals surface area contributed by atoms with Crippen LogP contribution in [0.25, 0.3) is 0 Å². The number of carbonyl (C=O) groups excluding carboxylic acids is 2. The van der Waals surface area contributed by atoms with Gasteiger partial charge in [-0.05, 0) is 49.0 Å². The van der Waals surface area contributed by atoms with Crippen LogP contribution in [0.1, 0.15) is 6.92 Å². The first kappa shape index (κ1) is 19.7. The molecule has 2 heterocycles. The SMILES string of the molecule is CC1=NN(c2ccccc2)C(=O)[C@H]1/C=C1\SC(=Nc2cccc(Cl)c2Cl)NC1=O. The highest BCUT2D eigenvalue weighted by Crippen LogP contribution is 2.35. The second-order valence-corrected chi connectivity index (χ2v) is 8.10. The number of hydrogen-bond acceptors (Lipinski definition) is 5. The summed E-state index contributed by atoms with van der Waals surface area (Å²) in [5.74, 6) is -1.15. The Balaban J connectivity index is 1.57. The number of hydrazone groups is 1. The zero-order chi connectivity index (χ0) is 20.5. The number of halogens is 2. The van der Waals surface area contributed by atoms with Crippen LogP contribution in [0.2, 0.25) is 10.0 Å². The Bertz CT molecular complexity index is 1100. The molecule has 1 fully saturated rings. The Morgan fingerprint density at radius 1 is 1.14 bits per heavy atom. The quantitative estimate of drug-likeness (QED) is 0.692. The van der Waals surface area contributed by atoms with Gasteiger partial charge in [0.2, 0.25) is 0 Å². The van der Waals surface area contributed by atoms with Gasteiger partial charge in [-0.1, -0.05) is 47.5 Å². The van der Waals surface area contributed by atoms with Gasteiger partial charge in [0.1, 0.15) is 0 Å². The highest BCUT2D eigenvalue weighted by Gasteiger charge is 2.35. The molecular weight excluding hydrogens is 431 g/mol. The Morgan fingerprint density at radius 2 is 1.90 bits per heavy atom. The number of hydrogen-bond donors (Lipinski definition) is 1. The summed E-state index contributed by atoms with van der Waals surface area (Å²) < 4.78 is 0. The number of benzene rings is 2. The number of para-hydroxylation sites is 1. The van der Waals surface area contributed by atoms with E-state index in [0.717, 1.165) is 11.8 Å². The molecule has 9 heteroatoms. The van der Waals surface area contributed by atoms with Gasteiger partial charge < -0.3 is 5.32 Å². The van der Waals surface area contributed by atoms with Crippen LogP contribution in [0.3, 0.4) is 0 Å². The number of anilines is 1. The van der Waals surface area contributed by atoms with E-state index in [2.05, 4.69) is 15.4 Å². The van der Waals surface area contributed by atoms with Crippen molar-refractivity contribution in [2.45, 2.75) is 6.92 Å². The number of amides is 2. The summed E-state index contributed by atoms with van der Waals surface area (Å²) >= 11 is 13.3. The summed E-state index contributed by atoms with van der Waals surface area (Å²) in [6, 6.07) is 14.2. The molecule has 2 aromatic rings. The van der Waals surface area contributed by atoms with Crippen LogP contribution in [0, 0.1) is 5.92 Å². The van der Waals surface area contributed by atoms with E-state index in [9.17, 15) is 9.59 Å². The molecule has 0 aliphatic carbocycles. The van der Waals surface area contributed by atoms with E-state index in [-0.39, 0.29) is 11.8 Å². The molecule has 0 spiro atoms. The molecule has 146 valence electrons. The first-order valence-electron chi connectivity index (χ1n) is 8.62. The maximum atomic E-state index is 12.8. The normalized spacial score (nSPS) is 21.8. The van der Waals surface area contributed by atoms with Gasteiger partial charge in [-0.15, -0.1) is 0 Å². The van der Waals surface area contributed by atoms with Gasteiger partial charge in [0.15, 0.2) is 5.17 Å². The first-order chi connectivity index (χ1) is 13.9. The molecule has 2 aliphatic heterocycles. The number of nitrogens with one attached hydrogen (secondary N) is 1. The van der Waals surface area contributed by atoms with Crippen molar-refractivity contribution in [1.82, 2.24) is 5.32 Å². The predicted octanol–water partition coefficient (Wildman–Crippen LogP) is 4.77. The highest BCUT2D eigenvalue weighted by atomic mass is 35.5. The van der Waals surface area contributed by atoms with Crippen LogP contribution < -0.4 is 10.3 Å². The summed E-state index contributed by atoms with van der Waals surface area (Å²) in [7, 11) is 0. The number of amidine groups is 1. The lowest BCUT2D eigenvalue weighted by Gasteiger charge is -2.12. The summed E-state index contributed by atoms with van der Waals surface area (Å²) in [6.45, 7) is 1.76. The molecule has 0 unspecified atom stereocenters. The number of nitrogens with zero attached hydrogens (tertiary/aromatic N) is 3. The Labute approximate surface area is 181 Å². The minimum atomic E-state index is -0.613. The molecule has 6 nitrogen and oxygen atoms in total. The molecule has 2 aromatic carbocycles. The second-order valence-electron chi connectivity index (χ2n) is 6.28. The van der Waals surface area contributed by atoms with E-state index in [1.807, 2.05) is 18.2 Å². The lowest BCUT2D eigenvalue weighted by molar-refractivity contribution is -0.118. The Kier molecular flexibility index (Phi) is 5.45. The predicted molar refractivity (Wildman–Crippen MR) is 118 cm³/mol. The van der Waals surface area contributed by atoms with E-state index >= 15 is 0 Å². The minimum Gasteiger partial charge on any atom is -0.300 e. The molecule has 0 aromatic heterocycles. The largest absolute Gasteiger partial charge is 0.300 e. The van der Waals surface area contributed by atoms with Crippen LogP contribution in [0.4, 0.5) is 11.4 Å². The standard InChI is InChI=1S/C20H14Cl2N4O2S/c1-11-13(19(28)26(25-11)12-6-3-2-4-7-12)10-16-18(27)24-20(29-16)23-15-9-5-8-14(21)17(15)22/h2-10,13H,1H3,(H,23,24,27)/b16-10-/t13-/m0/s1. The van der Waals surface area contributed by atoms with Crippen molar-refractivity contribution < 1.29 is 9.59 Å². The Hall–Kier alpha value is -2.61. The van der Waals surface area contributed by atoms with Crippen LogP contribution in [0.5, 0.6) is 0 Å². The van der Waals surface area contributed by atoms with Crippen molar-refractivity contribution in [2.24, 2.45) is 16.0 Å². The highest BCUT2D eigenvalue weighted by molar-refractivity contribution is 8.18. The number of rotatable bonds is 3. The maximum Gasteiger partial charge on any atom is 0.263 e. The maximum absolute atomic E-state index is 12.8. The van der Waals surface area contributed by atoms with Crippen LogP contribution >= 0.6 is 35.0 Å². The fraction of sp³-hybridized carbons (Fsp3) is 0.100. The average Bonchev–Trinajstić information content (AvgIpc) is 3.20. The monoisotopic (exact) mass is 444 g/mol. The molecule has 4 rings (SSSR count). The van der Waals surface area contributed by atoms with Gasteiger partial charge in [0, 0.05) is 0 Å². The van der Waals surface area contributed by atoms with Crippen molar-refractivity contribution in [3.05, 3.63) is 69.6 Å². The van der Waals surface area contributed by atoms with Gasteiger partial charge in [0.05, 0.1) is 38.0 Å². The van der Waals surface area contributed by atoms with Crippen LogP contribution in [0.15, 0.2) is 69.6 Å². The fourth-order valence-corrected chi connectivity index (χ4v) is 4.04. The molecule has 1 saturated heterocycles. The van der Waals surface area contributed by atoms with E-state index in [1.165, 1.54) is 5.01 Å². The van der Waals surface area contributed by atoms with Gasteiger partial charge in [-0.25, -0.2) is 4.99 Å². The van der Waals surface area contributed by atoms with Crippen molar-refractivity contribution in [1.29, 1.82) is 0 Å². The smallest absolute Gasteiger partial charge is 0.263 e. The first-order valence-corrected chi connectivity index (χ1v) is 10.2. The third-order valence-corrected chi connectivity index (χ3v) is 6.04. The van der Waals surface area contributed by atoms with Crippen molar-refractivity contribution in [3.63, 3.8) is 0 Å². The molecule has 0 radical (unpaired) electrons. The molecule has 0 saturated carbocycles. The van der Waals surface area contributed by atoms with Crippen molar-refractivity contribution in [2.75, 3.05) is 5.01 Å². The van der Waals surface area contributed by atoms with Crippen molar-refractivity contribution >= 4 is 69.0 Å². The van der Waals surface area contributed by atoms with Crippen LogP contribution in [-0.2, 0) is 9.59 Å². The van der Waals surface area contributed by atoms with Gasteiger partial charge >= 0.3 is 0 Å². The van der Waals surface area contributed by atoms with E-state index in [1.54, 1.807) is 43.3 Å². The second kappa shape index (κ2) is 8.02. The van der Waals surface area contributed by atoms with Crippen LogP contribution in [-0.4, -0.2) is 22.7 Å². The van der Waals surface area contributed by atoms with E-state index < -0.39 is 5.92 Å². The van der Waals surface area contributed by atoms with Gasteiger partial charge in [-0.2, -0.15) is 10.1 Å². The minimum absolute atomic E-state index is 0.210. The molecule has 2 aliphatic rings. The summed E-state index contributed by atoms with van der Waals surface area (Å²) in [5, 5.41) is 9.44. The number of aliphatic imine (C=N–C) groups is 1. The molecule has 2 amide bonds. The summed E-state index contributed by atoms with van der Waals surface area (Å²) in [4.78, 5) is 29.9. The summed E-state index contributed by atoms with van der Waals surface area (Å²) in [6.07, 6.45) is 1.62. The molecule has 1 N–H and O–H groups in total.